The Balaban J connectivity index is 1.84. The largest absolute Gasteiger partial charge is 0.297 e. The average molecular weight is 322 g/mol. The van der Waals surface area contributed by atoms with Gasteiger partial charge in [-0.05, 0) is 55.6 Å². The maximum atomic E-state index is 12.6. The van der Waals surface area contributed by atoms with Gasteiger partial charge in [-0.15, -0.1) is 0 Å². The topological polar surface area (TPSA) is 43.4 Å². The number of hydrogen-bond donors (Lipinski definition) is 0. The third kappa shape index (κ3) is 3.23. The minimum atomic E-state index is -3.66. The van der Waals surface area contributed by atoms with Crippen molar-refractivity contribution in [1.29, 1.82) is 0 Å². The van der Waals surface area contributed by atoms with E-state index < -0.39 is 10.1 Å². The van der Waals surface area contributed by atoms with Crippen LogP contribution in [0.2, 0.25) is 0 Å². The van der Waals surface area contributed by atoms with Crippen LogP contribution < -0.4 is 0 Å². The molecular weight excluding hydrogens is 296 g/mol. The Morgan fingerprint density at radius 2 is 1.73 bits per heavy atom. The molecule has 2 unspecified atom stereocenters. The molecule has 0 aliphatic heterocycles. The molecule has 0 heterocycles. The Bertz CT molecular complexity index is 588. The van der Waals surface area contributed by atoms with Crippen molar-refractivity contribution in [3.63, 3.8) is 0 Å². The van der Waals surface area contributed by atoms with E-state index in [0.717, 1.165) is 25.7 Å². The molecule has 1 aromatic carbocycles. The summed E-state index contributed by atoms with van der Waals surface area (Å²) >= 11 is 0. The second kappa shape index (κ2) is 6.32. The van der Waals surface area contributed by atoms with E-state index in [4.69, 9.17) is 4.18 Å². The molecule has 1 aromatic rings. The van der Waals surface area contributed by atoms with Crippen LogP contribution in [0.15, 0.2) is 35.2 Å². The molecule has 22 heavy (non-hydrogen) atoms. The molecule has 4 heteroatoms. The molecule has 0 N–H and O–H groups in total. The zero-order chi connectivity index (χ0) is 15.6. The molecule has 2 fully saturated rings. The summed E-state index contributed by atoms with van der Waals surface area (Å²) < 4.78 is 31.0. The highest BCUT2D eigenvalue weighted by Gasteiger charge is 2.45. The van der Waals surface area contributed by atoms with Gasteiger partial charge in [0.05, 0.1) is 11.0 Å². The Morgan fingerprint density at radius 1 is 1.05 bits per heavy atom. The quantitative estimate of drug-likeness (QED) is 0.768. The first-order valence-electron chi connectivity index (χ1n) is 8.50. The summed E-state index contributed by atoms with van der Waals surface area (Å²) in [5.74, 6) is 0.545. The summed E-state index contributed by atoms with van der Waals surface area (Å²) in [6, 6.07) is 8.56. The average Bonchev–Trinajstić information content (AvgIpc) is 2.53. The van der Waals surface area contributed by atoms with Crippen LogP contribution in [0.25, 0.3) is 0 Å². The lowest BCUT2D eigenvalue weighted by atomic mass is 9.62. The van der Waals surface area contributed by atoms with Crippen LogP contribution >= 0.6 is 0 Å². The minimum absolute atomic E-state index is 0.0899. The monoisotopic (exact) mass is 322 g/mol. The highest BCUT2D eigenvalue weighted by atomic mass is 32.2. The first-order chi connectivity index (χ1) is 10.5. The lowest BCUT2D eigenvalue weighted by molar-refractivity contribution is -0.0313. The van der Waals surface area contributed by atoms with Crippen LogP contribution in [0.5, 0.6) is 0 Å². The summed E-state index contributed by atoms with van der Waals surface area (Å²) in [6.45, 7) is 2.21. The number of benzene rings is 1. The van der Waals surface area contributed by atoms with Crippen molar-refractivity contribution in [1.82, 2.24) is 0 Å². The normalized spacial score (nSPS) is 28.6. The first kappa shape index (κ1) is 16.0. The molecule has 0 aromatic heterocycles. The van der Waals surface area contributed by atoms with Crippen molar-refractivity contribution < 1.29 is 12.6 Å². The van der Waals surface area contributed by atoms with Crippen LogP contribution in [0.4, 0.5) is 0 Å². The van der Waals surface area contributed by atoms with Gasteiger partial charge >= 0.3 is 0 Å². The highest BCUT2D eigenvalue weighted by Crippen LogP contribution is 2.50. The lowest BCUT2D eigenvalue weighted by Gasteiger charge is -2.47. The molecule has 0 bridgehead atoms. The molecule has 122 valence electrons. The molecule has 2 atom stereocenters. The van der Waals surface area contributed by atoms with Gasteiger partial charge in [-0.25, -0.2) is 0 Å². The van der Waals surface area contributed by atoms with Crippen molar-refractivity contribution in [3.05, 3.63) is 30.3 Å². The third-order valence-corrected chi connectivity index (χ3v) is 6.89. The van der Waals surface area contributed by atoms with Crippen molar-refractivity contribution in [2.45, 2.75) is 69.3 Å². The molecule has 2 aliphatic carbocycles. The Hall–Kier alpha value is -0.870. The predicted octanol–water partition coefficient (Wildman–Crippen LogP) is 4.53. The summed E-state index contributed by atoms with van der Waals surface area (Å²) in [5.41, 5.74) is 0.0899. The van der Waals surface area contributed by atoms with Crippen molar-refractivity contribution in [2.24, 2.45) is 11.3 Å². The lowest BCUT2D eigenvalue weighted by Crippen LogP contribution is -2.44. The summed E-state index contributed by atoms with van der Waals surface area (Å²) in [5, 5.41) is 0. The van der Waals surface area contributed by atoms with Gasteiger partial charge in [0.1, 0.15) is 0 Å². The summed E-state index contributed by atoms with van der Waals surface area (Å²) in [6.07, 6.45) is 8.96. The maximum absolute atomic E-state index is 12.6. The highest BCUT2D eigenvalue weighted by molar-refractivity contribution is 7.86. The van der Waals surface area contributed by atoms with Crippen molar-refractivity contribution in [2.75, 3.05) is 0 Å². The number of hydrogen-bond acceptors (Lipinski definition) is 3. The van der Waals surface area contributed by atoms with E-state index in [0.29, 0.717) is 5.92 Å². The van der Waals surface area contributed by atoms with Gasteiger partial charge in [-0.1, -0.05) is 44.4 Å². The van der Waals surface area contributed by atoms with Gasteiger partial charge in [0, 0.05) is 0 Å². The van der Waals surface area contributed by atoms with Crippen LogP contribution in [0.1, 0.15) is 58.3 Å². The molecule has 2 aliphatic rings. The zero-order valence-corrected chi connectivity index (χ0v) is 14.1. The van der Waals surface area contributed by atoms with Crippen LogP contribution in [-0.2, 0) is 14.3 Å². The van der Waals surface area contributed by atoms with Crippen molar-refractivity contribution >= 4 is 10.1 Å². The smallest absolute Gasteiger partial charge is 0.262 e. The second-order valence-electron chi connectivity index (χ2n) is 7.15. The van der Waals surface area contributed by atoms with Gasteiger partial charge in [0.2, 0.25) is 0 Å². The minimum Gasteiger partial charge on any atom is -0.262 e. The van der Waals surface area contributed by atoms with E-state index >= 15 is 0 Å². The predicted molar refractivity (Wildman–Crippen MR) is 87.0 cm³/mol. The molecule has 0 saturated heterocycles. The van der Waals surface area contributed by atoms with E-state index in [1.807, 2.05) is 6.07 Å². The molecule has 0 radical (unpaired) electrons. The fourth-order valence-electron chi connectivity index (χ4n) is 4.19. The first-order valence-corrected chi connectivity index (χ1v) is 9.91. The van der Waals surface area contributed by atoms with E-state index in [-0.39, 0.29) is 16.4 Å². The fourth-order valence-corrected chi connectivity index (χ4v) is 5.38. The molecular formula is C18H26O3S. The standard InChI is InChI=1S/C18H26O3S/c1-15-10-13-18(11-6-3-7-12-18)17(14-15)21-22(19,20)16-8-4-2-5-9-16/h2,4-5,8-9,15,17H,3,6-7,10-14H2,1H3. The molecule has 2 saturated carbocycles. The number of rotatable bonds is 3. The Morgan fingerprint density at radius 3 is 2.41 bits per heavy atom. The molecule has 0 amide bonds. The van der Waals surface area contributed by atoms with Gasteiger partial charge in [-0.2, -0.15) is 8.42 Å². The second-order valence-corrected chi connectivity index (χ2v) is 8.73. The van der Waals surface area contributed by atoms with E-state index in [1.165, 1.54) is 25.7 Å². The summed E-state index contributed by atoms with van der Waals surface area (Å²) in [4.78, 5) is 0.277. The Labute approximate surface area is 134 Å². The summed E-state index contributed by atoms with van der Waals surface area (Å²) in [7, 11) is -3.66. The third-order valence-electron chi connectivity index (χ3n) is 5.56. The van der Waals surface area contributed by atoms with E-state index in [1.54, 1.807) is 24.3 Å². The molecule has 3 nitrogen and oxygen atoms in total. The van der Waals surface area contributed by atoms with Gasteiger partial charge in [0.15, 0.2) is 0 Å². The van der Waals surface area contributed by atoms with Gasteiger partial charge < -0.3 is 0 Å². The van der Waals surface area contributed by atoms with Crippen LogP contribution in [0.3, 0.4) is 0 Å². The maximum Gasteiger partial charge on any atom is 0.297 e. The van der Waals surface area contributed by atoms with Crippen molar-refractivity contribution in [3.8, 4) is 0 Å². The van der Waals surface area contributed by atoms with Crippen LogP contribution in [0, 0.1) is 11.3 Å². The zero-order valence-electron chi connectivity index (χ0n) is 13.3. The van der Waals surface area contributed by atoms with E-state index in [9.17, 15) is 8.42 Å². The fraction of sp³-hybridized carbons (Fsp3) is 0.667. The van der Waals surface area contributed by atoms with Gasteiger partial charge in [0.25, 0.3) is 10.1 Å². The molecule has 3 rings (SSSR count). The Kier molecular flexibility index (Phi) is 4.60. The van der Waals surface area contributed by atoms with Gasteiger partial charge in [-0.3, -0.25) is 4.18 Å². The van der Waals surface area contributed by atoms with E-state index in [2.05, 4.69) is 6.92 Å². The molecule has 1 spiro atoms. The SMILES string of the molecule is CC1CCC2(CCCCC2)C(OS(=O)(=O)c2ccccc2)C1. The van der Waals surface area contributed by atoms with Crippen LogP contribution in [-0.4, -0.2) is 14.5 Å².